The van der Waals surface area contributed by atoms with Crippen LogP contribution in [0.4, 0.5) is 11.5 Å². The lowest BCUT2D eigenvalue weighted by Gasteiger charge is -2.32. The molecule has 0 radical (unpaired) electrons. The van der Waals surface area contributed by atoms with Crippen molar-refractivity contribution in [1.82, 2.24) is 4.40 Å². The van der Waals surface area contributed by atoms with Gasteiger partial charge in [-0.3, -0.25) is 4.40 Å². The van der Waals surface area contributed by atoms with Crippen molar-refractivity contribution in [3.8, 4) is 22.3 Å². The van der Waals surface area contributed by atoms with Crippen molar-refractivity contribution >= 4 is 75.9 Å². The molecule has 46 heavy (non-hydrogen) atoms. The first-order valence-electron chi connectivity index (χ1n) is 16.1. The Morgan fingerprint density at radius 2 is 1.54 bits per heavy atom. The summed E-state index contributed by atoms with van der Waals surface area (Å²) in [6.45, 7) is 4.70. The van der Waals surface area contributed by atoms with E-state index in [1.165, 1.54) is 86.4 Å². The molecule has 0 bridgehead atoms. The fraction of sp³-hybridized carbons (Fsp3) is 0.119. The fourth-order valence-corrected chi connectivity index (χ4v) is 9.99. The van der Waals surface area contributed by atoms with Gasteiger partial charge in [0.05, 0.1) is 28.5 Å². The molecule has 0 saturated carbocycles. The highest BCUT2D eigenvalue weighted by atomic mass is 32.1. The van der Waals surface area contributed by atoms with E-state index in [1.807, 2.05) is 11.3 Å². The molecule has 0 saturated heterocycles. The van der Waals surface area contributed by atoms with Gasteiger partial charge < -0.3 is 4.90 Å². The Labute approximate surface area is 270 Å². The summed E-state index contributed by atoms with van der Waals surface area (Å²) >= 11 is 1.92. The minimum absolute atomic E-state index is 0.00440. The number of hydrogen-bond donors (Lipinski definition) is 0. The molecular weight excluding hydrogens is 579 g/mol. The number of allylic oxidation sites excluding steroid dienone is 2. The number of anilines is 1. The average molecular weight is 608 g/mol. The molecule has 8 aromatic rings. The maximum Gasteiger partial charge on any atom is 0.162 e. The molecule has 5 aromatic carbocycles. The third-order valence-corrected chi connectivity index (χ3v) is 12.2. The van der Waals surface area contributed by atoms with Crippen molar-refractivity contribution < 1.29 is 0 Å². The molecule has 1 atom stereocenters. The maximum absolute atomic E-state index is 5.35. The zero-order valence-electron chi connectivity index (χ0n) is 25.8. The quantitative estimate of drug-likeness (QED) is 0.182. The van der Waals surface area contributed by atoms with Crippen LogP contribution < -0.4 is 4.90 Å². The number of thiophene rings is 1. The lowest BCUT2D eigenvalue weighted by molar-refractivity contribution is 0.660. The number of hydrogen-bond acceptors (Lipinski definition) is 3. The zero-order valence-corrected chi connectivity index (χ0v) is 26.6. The van der Waals surface area contributed by atoms with Crippen LogP contribution in [-0.2, 0) is 5.41 Å². The van der Waals surface area contributed by atoms with Crippen molar-refractivity contribution in [2.75, 3.05) is 11.9 Å². The van der Waals surface area contributed by atoms with E-state index in [0.717, 1.165) is 11.5 Å². The van der Waals surface area contributed by atoms with E-state index in [1.54, 1.807) is 0 Å². The lowest BCUT2D eigenvalue weighted by atomic mass is 9.82. The van der Waals surface area contributed by atoms with E-state index >= 15 is 0 Å². The molecule has 2 aliphatic carbocycles. The fourth-order valence-electron chi connectivity index (χ4n) is 8.75. The molecular formula is C42H29N3S. The molecule has 4 heteroatoms. The van der Waals surface area contributed by atoms with Crippen LogP contribution in [0.25, 0.3) is 69.6 Å². The average Bonchev–Trinajstić information content (AvgIpc) is 3.79. The number of benzene rings is 5. The predicted molar refractivity (Wildman–Crippen MR) is 197 cm³/mol. The van der Waals surface area contributed by atoms with Crippen LogP contribution in [0.3, 0.4) is 0 Å². The Hall–Kier alpha value is -5.19. The first-order valence-corrected chi connectivity index (χ1v) is 16.9. The zero-order chi connectivity index (χ0) is 30.5. The van der Waals surface area contributed by atoms with Crippen LogP contribution in [-0.4, -0.2) is 23.2 Å². The van der Waals surface area contributed by atoms with E-state index in [2.05, 4.69) is 145 Å². The maximum atomic E-state index is 5.35. The van der Waals surface area contributed by atoms with Crippen molar-refractivity contribution in [2.45, 2.75) is 25.3 Å². The second-order valence-corrected chi connectivity index (χ2v) is 14.7. The van der Waals surface area contributed by atoms with Gasteiger partial charge in [0.15, 0.2) is 5.82 Å². The Kier molecular flexibility index (Phi) is 4.54. The second-order valence-electron chi connectivity index (χ2n) is 13.6. The van der Waals surface area contributed by atoms with Crippen LogP contribution in [0.1, 0.15) is 25.0 Å². The molecule has 3 nitrogen and oxygen atoms in total. The Bertz CT molecular complexity index is 2750. The number of likely N-dealkylation sites (N-methyl/N-ethyl adjacent to an activating group) is 1. The smallest absolute Gasteiger partial charge is 0.162 e. The Balaban J connectivity index is 1.24. The number of nitrogens with zero attached hydrogens (tertiary/aromatic N) is 3. The third kappa shape index (κ3) is 2.92. The number of fused-ring (bicyclic) bond motifs is 14. The molecule has 3 aromatic heterocycles. The molecule has 0 fully saturated rings. The molecule has 1 unspecified atom stereocenters. The molecule has 0 spiro atoms. The van der Waals surface area contributed by atoms with Crippen LogP contribution in [0.15, 0.2) is 120 Å². The minimum atomic E-state index is 0.00440. The van der Waals surface area contributed by atoms with Crippen molar-refractivity contribution in [3.63, 3.8) is 0 Å². The first-order chi connectivity index (χ1) is 22.5. The van der Waals surface area contributed by atoms with Gasteiger partial charge in [-0.1, -0.05) is 92.7 Å². The molecule has 11 rings (SSSR count). The SMILES string of the molecule is CN1c2c(n3c4ccc(-c5ccc6c(c5)-c5ccccc5C6(C)C)cc4c4c5sc6ccccc6c5cc2c43)N=C2C=CC=CC21. The normalized spacial score (nSPS) is 17.8. The molecule has 4 heterocycles. The number of aromatic nitrogens is 1. The summed E-state index contributed by atoms with van der Waals surface area (Å²) in [5.74, 6) is 1.04. The van der Waals surface area contributed by atoms with E-state index in [-0.39, 0.29) is 11.5 Å². The van der Waals surface area contributed by atoms with E-state index in [0.29, 0.717) is 0 Å². The van der Waals surface area contributed by atoms with Gasteiger partial charge in [-0.05, 0) is 69.8 Å². The van der Waals surface area contributed by atoms with E-state index in [4.69, 9.17) is 4.99 Å². The van der Waals surface area contributed by atoms with Crippen LogP contribution in [0, 0.1) is 0 Å². The van der Waals surface area contributed by atoms with Gasteiger partial charge in [0.2, 0.25) is 0 Å². The topological polar surface area (TPSA) is 20.0 Å². The summed E-state index contributed by atoms with van der Waals surface area (Å²) < 4.78 is 5.13. The minimum Gasteiger partial charge on any atom is -0.359 e. The Morgan fingerprint density at radius 3 is 2.48 bits per heavy atom. The highest BCUT2D eigenvalue weighted by molar-refractivity contribution is 7.26. The summed E-state index contributed by atoms with van der Waals surface area (Å²) in [6.07, 6.45) is 8.66. The summed E-state index contributed by atoms with van der Waals surface area (Å²) in [7, 11) is 2.22. The second kappa shape index (κ2) is 8.34. The third-order valence-electron chi connectivity index (χ3n) is 10.9. The molecule has 3 aliphatic rings. The van der Waals surface area contributed by atoms with Gasteiger partial charge in [0, 0.05) is 48.8 Å². The summed E-state index contributed by atoms with van der Waals surface area (Å²) in [4.78, 5) is 7.77. The van der Waals surface area contributed by atoms with Crippen LogP contribution >= 0.6 is 11.3 Å². The highest BCUT2D eigenvalue weighted by Gasteiger charge is 2.36. The summed E-state index contributed by atoms with van der Waals surface area (Å²) in [6, 6.07) is 34.5. The lowest BCUT2D eigenvalue weighted by Crippen LogP contribution is -2.39. The summed E-state index contributed by atoms with van der Waals surface area (Å²) in [5.41, 5.74) is 12.9. The predicted octanol–water partition coefficient (Wildman–Crippen LogP) is 11.0. The van der Waals surface area contributed by atoms with Gasteiger partial charge in [-0.2, -0.15) is 0 Å². The Morgan fingerprint density at radius 1 is 0.739 bits per heavy atom. The van der Waals surface area contributed by atoms with E-state index < -0.39 is 0 Å². The van der Waals surface area contributed by atoms with Gasteiger partial charge in [0.25, 0.3) is 0 Å². The van der Waals surface area contributed by atoms with Crippen LogP contribution in [0.5, 0.6) is 0 Å². The molecule has 0 N–H and O–H groups in total. The van der Waals surface area contributed by atoms with Crippen LogP contribution in [0.2, 0.25) is 0 Å². The highest BCUT2D eigenvalue weighted by Crippen LogP contribution is 2.54. The van der Waals surface area contributed by atoms with Gasteiger partial charge in [-0.15, -0.1) is 11.3 Å². The van der Waals surface area contributed by atoms with E-state index in [9.17, 15) is 0 Å². The van der Waals surface area contributed by atoms with Crippen molar-refractivity contribution in [3.05, 3.63) is 126 Å². The van der Waals surface area contributed by atoms with Crippen molar-refractivity contribution in [1.29, 1.82) is 0 Å². The van der Waals surface area contributed by atoms with Gasteiger partial charge in [-0.25, -0.2) is 4.99 Å². The standard InChI is InChI=1S/C42H29N3S/c1-42(2)31-12-6-4-10-25(31)27-20-23(16-18-32(27)42)24-17-19-34-29(21-24)37-38-30(22-28-26-11-5-9-15-36(26)46-40(28)37)39-41(45(34)38)43-33-13-7-8-14-35(33)44(39)3/h4-22,35H,1-3H3. The monoisotopic (exact) mass is 607 g/mol. The van der Waals surface area contributed by atoms with Gasteiger partial charge >= 0.3 is 0 Å². The number of rotatable bonds is 1. The first kappa shape index (κ1) is 25.1. The largest absolute Gasteiger partial charge is 0.359 e. The molecule has 1 aliphatic heterocycles. The summed E-state index contributed by atoms with van der Waals surface area (Å²) in [5, 5.41) is 6.58. The van der Waals surface area contributed by atoms with Crippen molar-refractivity contribution in [2.24, 2.45) is 4.99 Å². The molecule has 218 valence electrons. The molecule has 0 amide bonds. The van der Waals surface area contributed by atoms with Gasteiger partial charge in [0.1, 0.15) is 0 Å². The number of aliphatic imine (C=N–C) groups is 1.